The first kappa shape index (κ1) is 11.1. The highest BCUT2D eigenvalue weighted by Crippen LogP contribution is 2.05. The molecule has 0 N–H and O–H groups in total. The first-order valence-corrected chi connectivity index (χ1v) is 5.37. The van der Waals surface area contributed by atoms with Gasteiger partial charge in [-0.1, -0.05) is 61.1 Å². The van der Waals surface area contributed by atoms with Crippen LogP contribution in [-0.2, 0) is 0 Å². The second-order valence-electron chi connectivity index (χ2n) is 3.08. The van der Waals surface area contributed by atoms with E-state index < -0.39 is 0 Å². The zero-order valence-corrected chi connectivity index (χ0v) is 9.17. The highest BCUT2D eigenvalue weighted by atomic mass is 35.5. The van der Waals surface area contributed by atoms with Crippen LogP contribution in [0.2, 0.25) is 0 Å². The molecule has 0 amide bonds. The Morgan fingerprint density at radius 2 is 2.00 bits per heavy atom. The highest BCUT2D eigenvalue weighted by Gasteiger charge is 1.87. The Morgan fingerprint density at radius 3 is 2.57 bits per heavy atom. The van der Waals surface area contributed by atoms with Crippen molar-refractivity contribution in [3.05, 3.63) is 53.6 Å². The van der Waals surface area contributed by atoms with Gasteiger partial charge in [0, 0.05) is 5.88 Å². The third-order valence-electron chi connectivity index (χ3n) is 2.05. The molecule has 0 aliphatic rings. The summed E-state index contributed by atoms with van der Waals surface area (Å²) >= 11 is 5.75. The van der Waals surface area contributed by atoms with E-state index in [-0.39, 0.29) is 0 Å². The quantitative estimate of drug-likeness (QED) is 0.510. The van der Waals surface area contributed by atoms with Gasteiger partial charge in [-0.3, -0.25) is 0 Å². The minimum absolute atomic E-state index is 0.621. The Hall–Kier alpha value is -1.01. The summed E-state index contributed by atoms with van der Waals surface area (Å²) in [6, 6.07) is 10.2. The molecule has 1 aromatic rings. The van der Waals surface area contributed by atoms with Crippen molar-refractivity contribution in [3.63, 3.8) is 0 Å². The Morgan fingerprint density at radius 1 is 1.29 bits per heavy atom. The van der Waals surface area contributed by atoms with Gasteiger partial charge in [0.2, 0.25) is 0 Å². The molecule has 0 nitrogen and oxygen atoms in total. The van der Waals surface area contributed by atoms with Crippen molar-refractivity contribution < 1.29 is 0 Å². The molecule has 0 heterocycles. The molecule has 0 aliphatic carbocycles. The summed E-state index contributed by atoms with van der Waals surface area (Å²) in [5.41, 5.74) is 2.48. The summed E-state index contributed by atoms with van der Waals surface area (Å²) in [7, 11) is 0. The van der Waals surface area contributed by atoms with Gasteiger partial charge in [-0.25, -0.2) is 0 Å². The summed E-state index contributed by atoms with van der Waals surface area (Å²) < 4.78 is 0. The van der Waals surface area contributed by atoms with E-state index in [2.05, 4.69) is 37.3 Å². The van der Waals surface area contributed by atoms with Crippen molar-refractivity contribution in [1.82, 2.24) is 0 Å². The van der Waals surface area contributed by atoms with E-state index in [4.69, 9.17) is 11.6 Å². The van der Waals surface area contributed by atoms with E-state index >= 15 is 0 Å². The molecule has 1 aromatic carbocycles. The molecule has 0 saturated heterocycles. The van der Waals surface area contributed by atoms with Gasteiger partial charge < -0.3 is 0 Å². The van der Waals surface area contributed by atoms with Crippen LogP contribution in [-0.4, -0.2) is 5.88 Å². The SMILES string of the molecule is CCC(=CC=Cc1ccccc1)CCl. The second kappa shape index (κ2) is 6.44. The maximum atomic E-state index is 5.75. The fourth-order valence-corrected chi connectivity index (χ4v) is 1.39. The third-order valence-corrected chi connectivity index (χ3v) is 2.39. The third kappa shape index (κ3) is 3.80. The van der Waals surface area contributed by atoms with E-state index in [1.165, 1.54) is 11.1 Å². The number of hydrogen-bond donors (Lipinski definition) is 0. The number of alkyl halides is 1. The first-order valence-electron chi connectivity index (χ1n) is 4.84. The van der Waals surface area contributed by atoms with E-state index in [0.29, 0.717) is 5.88 Å². The van der Waals surface area contributed by atoms with Crippen molar-refractivity contribution >= 4 is 17.7 Å². The van der Waals surface area contributed by atoms with Crippen LogP contribution in [0, 0.1) is 0 Å². The molecule has 1 rings (SSSR count). The van der Waals surface area contributed by atoms with Crippen molar-refractivity contribution in [1.29, 1.82) is 0 Å². The van der Waals surface area contributed by atoms with Crippen molar-refractivity contribution in [2.24, 2.45) is 0 Å². The molecular formula is C13H15Cl. The van der Waals surface area contributed by atoms with Gasteiger partial charge in [-0.15, -0.1) is 11.6 Å². The molecule has 0 aliphatic heterocycles. The molecule has 14 heavy (non-hydrogen) atoms. The van der Waals surface area contributed by atoms with Gasteiger partial charge >= 0.3 is 0 Å². The zero-order valence-electron chi connectivity index (χ0n) is 8.41. The molecule has 0 radical (unpaired) electrons. The van der Waals surface area contributed by atoms with Crippen molar-refractivity contribution in [2.45, 2.75) is 13.3 Å². The normalized spacial score (nSPS) is 12.3. The fraction of sp³-hybridized carbons (Fsp3) is 0.231. The predicted molar refractivity (Wildman–Crippen MR) is 64.6 cm³/mol. The molecule has 0 fully saturated rings. The van der Waals surface area contributed by atoms with Crippen LogP contribution in [0.4, 0.5) is 0 Å². The number of allylic oxidation sites excluding steroid dienone is 3. The predicted octanol–water partition coefficient (Wildman–Crippen LogP) is 4.28. The number of rotatable bonds is 4. The van der Waals surface area contributed by atoms with Crippen LogP contribution < -0.4 is 0 Å². The average Bonchev–Trinajstić information content (AvgIpc) is 2.26. The lowest BCUT2D eigenvalue weighted by molar-refractivity contribution is 1.10. The van der Waals surface area contributed by atoms with Crippen LogP contribution in [0.3, 0.4) is 0 Å². The zero-order chi connectivity index (χ0) is 10.2. The standard InChI is InChI=1S/C13H15Cl/c1-2-12(11-14)9-6-10-13-7-4-3-5-8-13/h3-10H,2,11H2,1H3. The van der Waals surface area contributed by atoms with E-state index in [1.54, 1.807) is 0 Å². The monoisotopic (exact) mass is 206 g/mol. The van der Waals surface area contributed by atoms with Crippen LogP contribution in [0.1, 0.15) is 18.9 Å². The van der Waals surface area contributed by atoms with Crippen LogP contribution in [0.25, 0.3) is 6.08 Å². The molecule has 0 saturated carbocycles. The number of halogens is 1. The first-order chi connectivity index (χ1) is 6.86. The Balaban J connectivity index is 2.61. The largest absolute Gasteiger partial charge is 0.122 e. The lowest BCUT2D eigenvalue weighted by atomic mass is 10.2. The number of benzene rings is 1. The van der Waals surface area contributed by atoms with Crippen LogP contribution in [0.15, 0.2) is 48.1 Å². The van der Waals surface area contributed by atoms with E-state index in [0.717, 1.165) is 6.42 Å². The summed E-state index contributed by atoms with van der Waals surface area (Å²) in [4.78, 5) is 0. The molecule has 0 atom stereocenters. The van der Waals surface area contributed by atoms with E-state index in [9.17, 15) is 0 Å². The molecule has 1 heteroatoms. The Bertz CT molecular complexity index is 303. The topological polar surface area (TPSA) is 0 Å². The van der Waals surface area contributed by atoms with Gasteiger partial charge in [0.15, 0.2) is 0 Å². The van der Waals surface area contributed by atoms with Crippen molar-refractivity contribution in [3.8, 4) is 0 Å². The van der Waals surface area contributed by atoms with Gasteiger partial charge in [0.25, 0.3) is 0 Å². The Kier molecular flexibility index (Phi) is 5.09. The highest BCUT2D eigenvalue weighted by molar-refractivity contribution is 6.19. The van der Waals surface area contributed by atoms with E-state index in [1.807, 2.05) is 18.2 Å². The average molecular weight is 207 g/mol. The maximum absolute atomic E-state index is 5.75. The fourth-order valence-electron chi connectivity index (χ4n) is 1.12. The van der Waals surface area contributed by atoms with Crippen LogP contribution >= 0.6 is 11.6 Å². The van der Waals surface area contributed by atoms with Gasteiger partial charge in [0.1, 0.15) is 0 Å². The Labute approximate surface area is 90.9 Å². The van der Waals surface area contributed by atoms with Crippen LogP contribution in [0.5, 0.6) is 0 Å². The lowest BCUT2D eigenvalue weighted by Crippen LogP contribution is -1.79. The minimum atomic E-state index is 0.621. The molecule has 0 spiro atoms. The molecule has 0 bridgehead atoms. The summed E-state index contributed by atoms with van der Waals surface area (Å²) in [6.07, 6.45) is 7.24. The summed E-state index contributed by atoms with van der Waals surface area (Å²) in [5, 5.41) is 0. The van der Waals surface area contributed by atoms with Gasteiger partial charge in [0.05, 0.1) is 0 Å². The van der Waals surface area contributed by atoms with Gasteiger partial charge in [-0.2, -0.15) is 0 Å². The minimum Gasteiger partial charge on any atom is -0.122 e. The molecule has 0 aromatic heterocycles. The lowest BCUT2D eigenvalue weighted by Gasteiger charge is -1.94. The van der Waals surface area contributed by atoms with Gasteiger partial charge in [-0.05, 0) is 12.0 Å². The molecular weight excluding hydrogens is 192 g/mol. The molecule has 0 unspecified atom stereocenters. The summed E-state index contributed by atoms with van der Waals surface area (Å²) in [5.74, 6) is 0.621. The number of hydrogen-bond acceptors (Lipinski definition) is 0. The molecule has 74 valence electrons. The summed E-state index contributed by atoms with van der Waals surface area (Å²) in [6.45, 7) is 2.12. The smallest absolute Gasteiger partial charge is 0.0436 e. The second-order valence-corrected chi connectivity index (χ2v) is 3.35. The maximum Gasteiger partial charge on any atom is 0.0436 e. The van der Waals surface area contributed by atoms with Crippen molar-refractivity contribution in [2.75, 3.05) is 5.88 Å².